The summed E-state index contributed by atoms with van der Waals surface area (Å²) in [5, 5.41) is 5.44. The van der Waals surface area contributed by atoms with Gasteiger partial charge >= 0.3 is 12.1 Å². The van der Waals surface area contributed by atoms with Gasteiger partial charge in [0.15, 0.2) is 12.4 Å². The molecule has 3 heterocycles. The molecule has 1 saturated carbocycles. The number of piperidine rings is 1. The van der Waals surface area contributed by atoms with Gasteiger partial charge in [0, 0.05) is 50.1 Å². The molecule has 2 saturated heterocycles. The molecule has 3 fully saturated rings. The Hall–Kier alpha value is -2.61. The van der Waals surface area contributed by atoms with Gasteiger partial charge in [-0.2, -0.15) is 0 Å². The van der Waals surface area contributed by atoms with Crippen molar-refractivity contribution in [3.05, 3.63) is 29.8 Å². The number of benzene rings is 1. The Balaban J connectivity index is 1.02. The second-order valence-electron chi connectivity index (χ2n) is 10.8. The number of amides is 3. The summed E-state index contributed by atoms with van der Waals surface area (Å²) >= 11 is 0. The number of nitrogens with zero attached hydrogens (tertiary/aromatic N) is 2. The quantitative estimate of drug-likeness (QED) is 0.650. The predicted molar refractivity (Wildman–Crippen MR) is 132 cm³/mol. The Kier molecular flexibility index (Phi) is 7.56. The molecule has 0 spiro atoms. The topological polar surface area (TPSA) is 95.6 Å². The van der Waals surface area contributed by atoms with E-state index in [1.165, 1.54) is 25.9 Å². The minimum Gasteiger partial charge on any atom is -0.441 e. The third kappa shape index (κ3) is 5.80. The number of ketones is 1. The van der Waals surface area contributed by atoms with Crippen molar-refractivity contribution in [3.63, 3.8) is 0 Å². The van der Waals surface area contributed by atoms with Gasteiger partial charge in [0.1, 0.15) is 0 Å². The fraction of sp³-hybridized carbons (Fsp3) is 0.667. The lowest BCUT2D eigenvalue weighted by molar-refractivity contribution is -0.638. The molecule has 0 bridgehead atoms. The van der Waals surface area contributed by atoms with Gasteiger partial charge in [0.05, 0.1) is 13.1 Å². The highest BCUT2D eigenvalue weighted by molar-refractivity contribution is 5.91. The highest BCUT2D eigenvalue weighted by Gasteiger charge is 2.35. The number of urea groups is 1. The molecule has 0 aromatic heterocycles. The minimum absolute atomic E-state index is 0.0395. The first kappa shape index (κ1) is 24.1. The van der Waals surface area contributed by atoms with Crippen molar-refractivity contribution < 1.29 is 24.4 Å². The number of nitrogens with two attached hydrogens (primary N) is 1. The van der Waals surface area contributed by atoms with E-state index in [4.69, 9.17) is 4.74 Å². The zero-order valence-corrected chi connectivity index (χ0v) is 20.6. The highest BCUT2D eigenvalue weighted by Crippen LogP contribution is 2.38. The number of rotatable bonds is 6. The summed E-state index contributed by atoms with van der Waals surface area (Å²) < 4.78 is 5.38. The van der Waals surface area contributed by atoms with Crippen LogP contribution in [0, 0.1) is 17.8 Å². The number of likely N-dealkylation sites (tertiary alicyclic amines) is 1. The molecule has 1 aromatic carbocycles. The number of hydrogen-bond acceptors (Lipinski definition) is 4. The fourth-order valence-electron chi connectivity index (χ4n) is 6.65. The molecule has 1 aliphatic carbocycles. The lowest BCUT2D eigenvalue weighted by Crippen LogP contribution is -2.81. The molecule has 3 N–H and O–H groups in total. The Morgan fingerprint density at radius 2 is 1.86 bits per heavy atom. The van der Waals surface area contributed by atoms with E-state index in [0.717, 1.165) is 55.2 Å². The summed E-state index contributed by atoms with van der Waals surface area (Å²) in [5.41, 5.74) is 2.04. The average Bonchev–Trinajstić information content (AvgIpc) is 3.53. The van der Waals surface area contributed by atoms with Gasteiger partial charge in [-0.1, -0.05) is 18.2 Å². The summed E-state index contributed by atoms with van der Waals surface area (Å²) in [7, 11) is 0. The first-order valence-corrected chi connectivity index (χ1v) is 13.5. The van der Waals surface area contributed by atoms with Gasteiger partial charge in [-0.25, -0.2) is 9.59 Å². The van der Waals surface area contributed by atoms with Crippen molar-refractivity contribution in [2.45, 2.75) is 57.4 Å². The number of quaternary nitrogens is 1. The largest absolute Gasteiger partial charge is 0.441 e. The van der Waals surface area contributed by atoms with Gasteiger partial charge in [-0.05, 0) is 62.0 Å². The Bertz CT molecular complexity index is 924. The summed E-state index contributed by atoms with van der Waals surface area (Å²) in [5.74, 6) is 2.09. The number of ether oxygens (including phenoxy) is 1. The summed E-state index contributed by atoms with van der Waals surface area (Å²) in [6.07, 6.45) is 7.22. The van der Waals surface area contributed by atoms with Crippen LogP contribution in [0.1, 0.15) is 50.5 Å². The van der Waals surface area contributed by atoms with E-state index in [0.29, 0.717) is 32.0 Å². The van der Waals surface area contributed by atoms with Crippen LogP contribution in [0.4, 0.5) is 15.3 Å². The van der Waals surface area contributed by atoms with E-state index in [2.05, 4.69) is 16.7 Å². The first-order chi connectivity index (χ1) is 17.1. The van der Waals surface area contributed by atoms with Gasteiger partial charge in [-0.15, -0.1) is 0 Å². The molecule has 3 amide bonds. The maximum Gasteiger partial charge on any atom is 0.410 e. The van der Waals surface area contributed by atoms with Crippen LogP contribution in [-0.2, 0) is 16.0 Å². The molecule has 0 radical (unpaired) electrons. The van der Waals surface area contributed by atoms with Crippen LogP contribution in [0.2, 0.25) is 0 Å². The van der Waals surface area contributed by atoms with E-state index in [1.807, 2.05) is 23.1 Å². The van der Waals surface area contributed by atoms with Crippen LogP contribution < -0.4 is 10.6 Å². The lowest BCUT2D eigenvalue weighted by Gasteiger charge is -2.37. The summed E-state index contributed by atoms with van der Waals surface area (Å²) in [6.45, 7) is 4.12. The zero-order chi connectivity index (χ0) is 24.2. The fourth-order valence-corrected chi connectivity index (χ4v) is 6.65. The molecule has 35 heavy (non-hydrogen) atoms. The van der Waals surface area contributed by atoms with Crippen LogP contribution >= 0.6 is 0 Å². The van der Waals surface area contributed by atoms with Gasteiger partial charge in [0.25, 0.3) is 0 Å². The number of para-hydroxylation sites is 1. The van der Waals surface area contributed by atoms with E-state index < -0.39 is 6.09 Å². The van der Waals surface area contributed by atoms with Crippen LogP contribution in [0.15, 0.2) is 24.3 Å². The second kappa shape index (κ2) is 11.0. The average molecular weight is 484 g/mol. The van der Waals surface area contributed by atoms with E-state index in [-0.39, 0.29) is 24.5 Å². The van der Waals surface area contributed by atoms with Crippen molar-refractivity contribution >= 4 is 23.6 Å². The number of fused-ring (bicyclic) bond motifs is 1. The molecule has 8 nitrogen and oxygen atoms in total. The first-order valence-electron chi connectivity index (χ1n) is 13.5. The van der Waals surface area contributed by atoms with Crippen LogP contribution in [-0.4, -0.2) is 73.1 Å². The second-order valence-corrected chi connectivity index (χ2v) is 10.8. The summed E-state index contributed by atoms with van der Waals surface area (Å²) in [6, 6.07) is 7.96. The number of nitrogens with one attached hydrogen (secondary N) is 1. The third-order valence-corrected chi connectivity index (χ3v) is 8.64. The smallest absolute Gasteiger partial charge is 0.410 e. The van der Waals surface area contributed by atoms with Crippen molar-refractivity contribution in [3.8, 4) is 0 Å². The van der Waals surface area contributed by atoms with Crippen LogP contribution in [0.25, 0.3) is 0 Å². The zero-order valence-electron chi connectivity index (χ0n) is 20.6. The predicted octanol–water partition coefficient (Wildman–Crippen LogP) is 2.64. The molecular weight excluding hydrogens is 444 g/mol. The molecule has 8 heteroatoms. The van der Waals surface area contributed by atoms with Crippen molar-refractivity contribution in [2.75, 3.05) is 44.6 Å². The van der Waals surface area contributed by atoms with E-state index in [1.54, 1.807) is 4.90 Å². The van der Waals surface area contributed by atoms with Gasteiger partial charge in [-0.3, -0.25) is 4.79 Å². The monoisotopic (exact) mass is 483 g/mol. The standard InChI is InChI=1S/C27H38N4O4/c32-24(16-19-5-6-21(15-19)22-7-11-28-17-22)18-35-27(34)30-12-9-23(10-13-30)31-14-8-20-3-1-2-4-25(20)29-26(31)33/h1-4,19,21-23,28H,5-18H2,(H,29,33)/p+1. The van der Waals surface area contributed by atoms with E-state index >= 15 is 0 Å². The molecule has 3 atom stereocenters. The number of carbonyl (C=O) groups excluding carboxylic acids is 3. The number of Topliss-reactive ketones (excluding diaryl/α,β-unsaturated/α-hetero) is 1. The maximum absolute atomic E-state index is 12.8. The Morgan fingerprint density at radius 3 is 2.66 bits per heavy atom. The summed E-state index contributed by atoms with van der Waals surface area (Å²) in [4.78, 5) is 41.4. The van der Waals surface area contributed by atoms with Crippen LogP contribution in [0.5, 0.6) is 0 Å². The molecule has 4 aliphatic rings. The molecule has 5 rings (SSSR count). The maximum atomic E-state index is 12.8. The van der Waals surface area contributed by atoms with Crippen molar-refractivity contribution in [1.82, 2.24) is 9.80 Å². The van der Waals surface area contributed by atoms with E-state index in [9.17, 15) is 14.4 Å². The van der Waals surface area contributed by atoms with Gasteiger partial charge in [0.2, 0.25) is 0 Å². The lowest BCUT2D eigenvalue weighted by atomic mass is 9.89. The molecule has 1 aromatic rings. The number of hydrogen-bond donors (Lipinski definition) is 2. The SMILES string of the molecule is O=C(COC(=O)N1CCC(N2CCc3ccccc3NC2=O)CC1)CC1CCC(C2CC[NH2+]C2)C1. The molecular formula is C27H39N4O4+. The number of anilines is 1. The van der Waals surface area contributed by atoms with Crippen molar-refractivity contribution in [1.29, 1.82) is 0 Å². The number of carbonyl (C=O) groups is 3. The molecule has 190 valence electrons. The normalized spacial score (nSPS) is 27.3. The van der Waals surface area contributed by atoms with Gasteiger partial charge < -0.3 is 25.2 Å². The highest BCUT2D eigenvalue weighted by atomic mass is 16.6. The minimum atomic E-state index is -0.407. The van der Waals surface area contributed by atoms with Crippen molar-refractivity contribution in [2.24, 2.45) is 17.8 Å². The Morgan fingerprint density at radius 1 is 1.03 bits per heavy atom. The third-order valence-electron chi connectivity index (χ3n) is 8.64. The Labute approximate surface area is 207 Å². The molecule has 3 unspecified atom stereocenters. The van der Waals surface area contributed by atoms with Crippen LogP contribution in [0.3, 0.4) is 0 Å². The molecule has 3 aliphatic heterocycles.